The Hall–Kier alpha value is -1.67. The number of carbonyl (C=O) groups excluding carboxylic acids is 2. The summed E-state index contributed by atoms with van der Waals surface area (Å²) in [6.07, 6.45) is 4.27. The summed E-state index contributed by atoms with van der Waals surface area (Å²) >= 11 is 3.41. The van der Waals surface area contributed by atoms with Crippen LogP contribution in [0.2, 0.25) is 0 Å². The van der Waals surface area contributed by atoms with Crippen molar-refractivity contribution in [2.45, 2.75) is 71.6 Å². The Morgan fingerprint density at radius 3 is 2.39 bits per heavy atom. The molecule has 7 nitrogen and oxygen atoms in total. The van der Waals surface area contributed by atoms with E-state index in [2.05, 4.69) is 45.0 Å². The summed E-state index contributed by atoms with van der Waals surface area (Å²) in [6, 6.07) is 3.87. The van der Waals surface area contributed by atoms with E-state index in [-0.39, 0.29) is 34.9 Å². The predicted molar refractivity (Wildman–Crippen MR) is 123 cm³/mol. The Kier molecular flexibility index (Phi) is 5.61. The number of hydrogen-bond donors (Lipinski definition) is 1. The summed E-state index contributed by atoms with van der Waals surface area (Å²) in [6.45, 7) is 12.6. The Morgan fingerprint density at radius 2 is 1.84 bits per heavy atom. The number of piperazine rings is 1. The fourth-order valence-corrected chi connectivity index (χ4v) is 6.17. The molecule has 5 rings (SSSR count). The molecule has 3 saturated carbocycles. The highest BCUT2D eigenvalue weighted by Gasteiger charge is 2.71. The zero-order valence-corrected chi connectivity index (χ0v) is 20.7. The summed E-state index contributed by atoms with van der Waals surface area (Å²) < 4.78 is 6.51. The number of ether oxygens (including phenoxy) is 1. The zero-order valence-electron chi connectivity index (χ0n) is 19.1. The molecule has 2 atom stereocenters. The Morgan fingerprint density at radius 1 is 1.23 bits per heavy atom. The zero-order chi connectivity index (χ0) is 22.6. The number of halogens is 1. The van der Waals surface area contributed by atoms with E-state index >= 15 is 0 Å². The molecule has 1 saturated heterocycles. The first-order valence-corrected chi connectivity index (χ1v) is 11.9. The molecule has 170 valence electrons. The minimum atomic E-state index is -0.486. The number of anilines is 1. The van der Waals surface area contributed by atoms with Crippen LogP contribution in [0.15, 0.2) is 22.8 Å². The van der Waals surface area contributed by atoms with Crippen molar-refractivity contribution in [3.63, 3.8) is 0 Å². The molecular weight excluding hydrogens is 460 g/mol. The number of rotatable bonds is 4. The maximum Gasteiger partial charge on any atom is 0.410 e. The molecule has 2 bridgehead atoms. The number of nitrogens with one attached hydrogen (secondary N) is 1. The molecule has 2 heterocycles. The smallest absolute Gasteiger partial charge is 0.410 e. The maximum atomic E-state index is 12.8. The SMILES string of the molecule is CC1CN(CC23CC(C(=O)Nc4cc(Br)ccn4)(C2)C3)CC(C)N1C(=O)OC(C)(C)C. The molecule has 31 heavy (non-hydrogen) atoms. The summed E-state index contributed by atoms with van der Waals surface area (Å²) in [5.74, 6) is 0.690. The first-order chi connectivity index (χ1) is 14.4. The van der Waals surface area contributed by atoms with Crippen LogP contribution in [0.3, 0.4) is 0 Å². The molecule has 1 N–H and O–H groups in total. The lowest BCUT2D eigenvalue weighted by atomic mass is 9.34. The third-order valence-corrected chi connectivity index (χ3v) is 7.24. The van der Waals surface area contributed by atoms with Gasteiger partial charge in [-0.05, 0) is 71.4 Å². The van der Waals surface area contributed by atoms with Crippen LogP contribution in [0, 0.1) is 10.8 Å². The van der Waals surface area contributed by atoms with Gasteiger partial charge in [0.05, 0.1) is 5.41 Å². The minimum Gasteiger partial charge on any atom is -0.444 e. The Bertz CT molecular complexity index is 852. The third kappa shape index (κ3) is 4.46. The van der Waals surface area contributed by atoms with Crippen molar-refractivity contribution in [3.8, 4) is 0 Å². The van der Waals surface area contributed by atoms with Gasteiger partial charge in [-0.25, -0.2) is 9.78 Å². The van der Waals surface area contributed by atoms with E-state index in [1.165, 1.54) is 0 Å². The second kappa shape index (κ2) is 7.73. The van der Waals surface area contributed by atoms with Gasteiger partial charge in [-0.1, -0.05) is 15.9 Å². The lowest BCUT2D eigenvalue weighted by Gasteiger charge is -2.70. The van der Waals surface area contributed by atoms with Crippen LogP contribution < -0.4 is 5.32 Å². The highest BCUT2D eigenvalue weighted by Crippen LogP contribution is 2.73. The van der Waals surface area contributed by atoms with Gasteiger partial charge in [-0.3, -0.25) is 9.69 Å². The van der Waals surface area contributed by atoms with Gasteiger partial charge in [-0.2, -0.15) is 0 Å². The molecule has 3 aliphatic carbocycles. The van der Waals surface area contributed by atoms with Crippen molar-refractivity contribution < 1.29 is 14.3 Å². The molecule has 4 aliphatic rings. The molecule has 2 unspecified atom stereocenters. The number of carbonyl (C=O) groups is 2. The van der Waals surface area contributed by atoms with E-state index in [1.54, 1.807) is 6.20 Å². The van der Waals surface area contributed by atoms with E-state index in [0.717, 1.165) is 43.4 Å². The average molecular weight is 493 g/mol. The first-order valence-electron chi connectivity index (χ1n) is 11.1. The average Bonchev–Trinajstić information content (AvgIpc) is 2.54. The molecule has 1 aromatic rings. The fourth-order valence-electron chi connectivity index (χ4n) is 5.84. The van der Waals surface area contributed by atoms with Gasteiger partial charge in [0.15, 0.2) is 0 Å². The minimum absolute atomic E-state index is 0.0939. The molecule has 1 aliphatic heterocycles. The van der Waals surface area contributed by atoms with Gasteiger partial charge in [-0.15, -0.1) is 0 Å². The molecule has 0 spiro atoms. The van der Waals surface area contributed by atoms with Gasteiger partial charge in [0.2, 0.25) is 5.91 Å². The van der Waals surface area contributed by atoms with Gasteiger partial charge in [0.25, 0.3) is 0 Å². The van der Waals surface area contributed by atoms with Crippen LogP contribution >= 0.6 is 15.9 Å². The normalized spacial score (nSPS) is 32.6. The van der Waals surface area contributed by atoms with E-state index in [4.69, 9.17) is 4.74 Å². The van der Waals surface area contributed by atoms with Crippen LogP contribution in [0.1, 0.15) is 53.9 Å². The van der Waals surface area contributed by atoms with E-state index in [9.17, 15) is 9.59 Å². The van der Waals surface area contributed by atoms with Crippen molar-refractivity contribution in [1.82, 2.24) is 14.8 Å². The molecule has 0 aromatic carbocycles. The monoisotopic (exact) mass is 492 g/mol. The molecule has 2 amide bonds. The maximum absolute atomic E-state index is 12.8. The van der Waals surface area contributed by atoms with E-state index < -0.39 is 5.60 Å². The number of amides is 2. The van der Waals surface area contributed by atoms with Crippen LogP contribution in [-0.2, 0) is 9.53 Å². The highest BCUT2D eigenvalue weighted by molar-refractivity contribution is 9.10. The predicted octanol–water partition coefficient (Wildman–Crippen LogP) is 4.28. The molecule has 4 fully saturated rings. The third-order valence-electron chi connectivity index (χ3n) is 6.74. The summed E-state index contributed by atoms with van der Waals surface area (Å²) in [5, 5.41) is 2.98. The number of pyridine rings is 1. The lowest BCUT2D eigenvalue weighted by molar-refractivity contribution is -0.211. The van der Waals surface area contributed by atoms with Crippen molar-refractivity contribution >= 4 is 33.7 Å². The fraction of sp³-hybridized carbons (Fsp3) is 0.696. The second-order valence-corrected chi connectivity index (χ2v) is 11.8. The lowest BCUT2D eigenvalue weighted by Crippen LogP contribution is -2.71. The van der Waals surface area contributed by atoms with E-state index in [1.807, 2.05) is 37.8 Å². The molecule has 1 aromatic heterocycles. The van der Waals surface area contributed by atoms with E-state index in [0.29, 0.717) is 5.82 Å². The van der Waals surface area contributed by atoms with Crippen molar-refractivity contribution in [3.05, 3.63) is 22.8 Å². The first kappa shape index (κ1) is 22.5. The quantitative estimate of drug-likeness (QED) is 0.678. The van der Waals surface area contributed by atoms with Crippen molar-refractivity contribution in [1.29, 1.82) is 0 Å². The largest absolute Gasteiger partial charge is 0.444 e. The van der Waals surface area contributed by atoms with Gasteiger partial charge < -0.3 is 15.0 Å². The number of nitrogens with zero attached hydrogens (tertiary/aromatic N) is 3. The number of aromatic nitrogens is 1. The highest BCUT2D eigenvalue weighted by atomic mass is 79.9. The molecule has 0 radical (unpaired) electrons. The van der Waals surface area contributed by atoms with Crippen LogP contribution in [0.25, 0.3) is 0 Å². The Labute approximate surface area is 193 Å². The topological polar surface area (TPSA) is 74.8 Å². The Balaban J connectivity index is 1.29. The van der Waals surface area contributed by atoms with Crippen LogP contribution in [-0.4, -0.2) is 64.1 Å². The molecule has 8 heteroatoms. The molecular formula is C23H33BrN4O3. The second-order valence-electron chi connectivity index (χ2n) is 10.9. The van der Waals surface area contributed by atoms with Crippen molar-refractivity contribution in [2.24, 2.45) is 10.8 Å². The van der Waals surface area contributed by atoms with Crippen LogP contribution in [0.5, 0.6) is 0 Å². The van der Waals surface area contributed by atoms with Gasteiger partial charge in [0, 0.05) is 42.4 Å². The summed E-state index contributed by atoms with van der Waals surface area (Å²) in [4.78, 5) is 34.0. The summed E-state index contributed by atoms with van der Waals surface area (Å²) in [7, 11) is 0. The van der Waals surface area contributed by atoms with Gasteiger partial charge in [0.1, 0.15) is 11.4 Å². The summed E-state index contributed by atoms with van der Waals surface area (Å²) in [5.41, 5.74) is -0.463. The standard InChI is InChI=1S/C23H33BrN4O3/c1-15-9-27(10-16(2)28(15)20(30)31-21(3,4)5)14-22-11-23(12-22,13-22)19(29)26-18-8-17(24)6-7-25-18/h6-8,15-16H,9-14H2,1-5H3,(H,25,26,29). The van der Waals surface area contributed by atoms with Gasteiger partial charge >= 0.3 is 6.09 Å². The number of hydrogen-bond acceptors (Lipinski definition) is 5. The van der Waals surface area contributed by atoms with Crippen molar-refractivity contribution in [2.75, 3.05) is 25.0 Å². The van der Waals surface area contributed by atoms with Crippen LogP contribution in [0.4, 0.5) is 10.6 Å².